The van der Waals surface area contributed by atoms with Crippen molar-refractivity contribution >= 4 is 35.5 Å². The van der Waals surface area contributed by atoms with Crippen molar-refractivity contribution in [3.05, 3.63) is 89.0 Å². The van der Waals surface area contributed by atoms with Gasteiger partial charge in [-0.3, -0.25) is 15.2 Å². The molecule has 2 aromatic carbocycles. The van der Waals surface area contributed by atoms with Crippen LogP contribution < -0.4 is 14.8 Å². The number of methoxy groups -OCH3 is 1. The van der Waals surface area contributed by atoms with Gasteiger partial charge in [0.25, 0.3) is 0 Å². The Morgan fingerprint density at radius 1 is 1.06 bits per heavy atom. The average Bonchev–Trinajstić information content (AvgIpc) is 3.39. The Morgan fingerprint density at radius 3 is 2.58 bits per heavy atom. The molecule has 15 heteroatoms. The van der Waals surface area contributed by atoms with E-state index in [4.69, 9.17) is 36.2 Å². The lowest BCUT2D eigenvalue weighted by molar-refractivity contribution is -0.493. The number of aliphatic hydroxyl groups is 3. The van der Waals surface area contributed by atoms with Crippen LogP contribution in [0.4, 0.5) is 0 Å². The third kappa shape index (κ3) is 15.8. The van der Waals surface area contributed by atoms with E-state index >= 15 is 0 Å². The van der Waals surface area contributed by atoms with Gasteiger partial charge in [-0.1, -0.05) is 54.1 Å². The molecular formula is C38H49ClN2O12. The summed E-state index contributed by atoms with van der Waals surface area (Å²) in [5, 5.41) is 51.3. The molecule has 6 N–H and O–H groups in total. The number of hydrogen-bond donors (Lipinski definition) is 6. The number of hydrogen-bond acceptors (Lipinski definition) is 13. The highest BCUT2D eigenvalue weighted by Gasteiger charge is 2.39. The van der Waals surface area contributed by atoms with Crippen LogP contribution in [0.15, 0.2) is 72.8 Å². The normalized spacial score (nSPS) is 19.9. The molecular weight excluding hydrogens is 712 g/mol. The van der Waals surface area contributed by atoms with E-state index in [1.54, 1.807) is 24.3 Å². The molecule has 1 aliphatic rings. The van der Waals surface area contributed by atoms with Gasteiger partial charge in [-0.25, -0.2) is 14.4 Å². The Kier molecular flexibility index (Phi) is 18.7. The smallest absolute Gasteiger partial charge is 0.333 e. The average molecular weight is 761 g/mol. The number of benzene rings is 2. The molecule has 2 aromatic rings. The summed E-state index contributed by atoms with van der Waals surface area (Å²) in [5.74, 6) is -1.91. The molecule has 1 unspecified atom stereocenters. The van der Waals surface area contributed by atoms with E-state index in [9.17, 15) is 29.7 Å². The van der Waals surface area contributed by atoms with E-state index in [1.165, 1.54) is 32.2 Å². The minimum atomic E-state index is -0.944. The second-order valence-corrected chi connectivity index (χ2v) is 13.0. The Hall–Kier alpha value is -4.12. The number of nitrogens with zero attached hydrogens (tertiary/aromatic N) is 1. The van der Waals surface area contributed by atoms with E-state index in [-0.39, 0.29) is 55.3 Å². The van der Waals surface area contributed by atoms with E-state index < -0.39 is 41.7 Å². The van der Waals surface area contributed by atoms with Crippen LogP contribution in [0.5, 0.6) is 11.5 Å². The highest BCUT2D eigenvalue weighted by Crippen LogP contribution is 2.36. The number of unbranched alkanes of at least 4 members (excludes halogenated alkanes) is 1. The van der Waals surface area contributed by atoms with Gasteiger partial charge >= 0.3 is 11.9 Å². The third-order valence-corrected chi connectivity index (χ3v) is 8.75. The molecule has 0 radical (unpaired) electrons. The van der Waals surface area contributed by atoms with E-state index in [0.29, 0.717) is 42.7 Å². The van der Waals surface area contributed by atoms with Crippen molar-refractivity contribution in [2.75, 3.05) is 20.3 Å². The molecule has 0 heterocycles. The predicted molar refractivity (Wildman–Crippen MR) is 194 cm³/mol. The van der Waals surface area contributed by atoms with Crippen molar-refractivity contribution in [1.29, 1.82) is 0 Å². The molecule has 1 saturated carbocycles. The van der Waals surface area contributed by atoms with Crippen LogP contribution in [0.25, 0.3) is 6.08 Å². The van der Waals surface area contributed by atoms with Crippen molar-refractivity contribution < 1.29 is 59.2 Å². The Labute approximate surface area is 313 Å². The maximum Gasteiger partial charge on any atom is 0.333 e. The number of nitrogens with one attached hydrogen (secondary N) is 1. The highest BCUT2D eigenvalue weighted by atomic mass is 35.5. The van der Waals surface area contributed by atoms with Crippen LogP contribution in [0.3, 0.4) is 0 Å². The third-order valence-electron chi connectivity index (χ3n) is 8.51. The van der Waals surface area contributed by atoms with E-state index in [1.807, 2.05) is 30.4 Å². The largest absolute Gasteiger partial charge is 0.493 e. The standard InChI is InChI=1S/C38H49ClN2O12/c1-25(38(47)53-34-18-13-27(23-35(34)50-2)14-19-37(46)51-20-21-52-41(48)49)40-36(45)11-6-4-3-5-10-30-31(33(44)24-32(30)43)17-16-29(42)15-12-26-8-7-9-28(39)22-26/h3,5,7-9,13-14,16-19,22-23,25,29-33,42-44,48-49H,4,6,10-12,15,20-21,24H2,1-2H3,(H,40,45)/b5-3-,17-16+,19-14+/t25?,29-,30+,31+,32-,33+/m0/s1. The summed E-state index contributed by atoms with van der Waals surface area (Å²) in [6, 6.07) is 11.1. The lowest BCUT2D eigenvalue weighted by Gasteiger charge is -2.19. The fourth-order valence-corrected chi connectivity index (χ4v) is 5.95. The SMILES string of the molecule is COc1cc(/C=C/C(=O)OCCON(O)O)ccc1OC(=O)C(C)NC(=O)CCC/C=C\C[C@@H]1[C@@H](/C=C/[C@@H](O)CCc2cccc(Cl)c2)[C@H](O)C[C@@H]1O. The quantitative estimate of drug-likeness (QED) is 0.0262. The van der Waals surface area contributed by atoms with Gasteiger partial charge in [-0.2, -0.15) is 0 Å². The topological polar surface area (TPSA) is 205 Å². The fourth-order valence-electron chi connectivity index (χ4n) is 5.73. The Bertz CT molecular complexity index is 1570. The van der Waals surface area contributed by atoms with Gasteiger partial charge < -0.3 is 34.8 Å². The number of esters is 2. The highest BCUT2D eigenvalue weighted by molar-refractivity contribution is 6.30. The van der Waals surface area contributed by atoms with Gasteiger partial charge in [0.2, 0.25) is 5.91 Å². The maximum atomic E-state index is 12.7. The molecule has 3 rings (SSSR count). The Morgan fingerprint density at radius 2 is 1.85 bits per heavy atom. The molecule has 53 heavy (non-hydrogen) atoms. The van der Waals surface area contributed by atoms with Gasteiger partial charge in [0.05, 0.1) is 30.8 Å². The molecule has 0 saturated heterocycles. The van der Waals surface area contributed by atoms with Crippen LogP contribution in [0.2, 0.25) is 5.02 Å². The summed E-state index contributed by atoms with van der Waals surface area (Å²) in [7, 11) is 1.38. The molecule has 1 aliphatic carbocycles. The van der Waals surface area contributed by atoms with Gasteiger partial charge in [0.15, 0.2) is 11.5 Å². The van der Waals surface area contributed by atoms with Crippen molar-refractivity contribution in [3.63, 3.8) is 0 Å². The number of carbonyl (C=O) groups is 3. The predicted octanol–water partition coefficient (Wildman–Crippen LogP) is 4.35. The summed E-state index contributed by atoms with van der Waals surface area (Å²) >= 11 is 6.04. The van der Waals surface area contributed by atoms with E-state index in [2.05, 4.69) is 10.2 Å². The van der Waals surface area contributed by atoms with Crippen molar-refractivity contribution in [3.8, 4) is 11.5 Å². The molecule has 0 aromatic heterocycles. The molecule has 0 aliphatic heterocycles. The zero-order valence-electron chi connectivity index (χ0n) is 29.8. The van der Waals surface area contributed by atoms with Gasteiger partial charge in [0, 0.05) is 29.9 Å². The second kappa shape index (κ2) is 22.8. The van der Waals surface area contributed by atoms with Crippen LogP contribution in [-0.2, 0) is 30.4 Å². The zero-order valence-corrected chi connectivity index (χ0v) is 30.5. The summed E-state index contributed by atoms with van der Waals surface area (Å²) in [6.07, 6.45) is 11.1. The van der Waals surface area contributed by atoms with Gasteiger partial charge in [0.1, 0.15) is 19.3 Å². The molecule has 1 fully saturated rings. The summed E-state index contributed by atoms with van der Waals surface area (Å²) in [6.45, 7) is 1.02. The Balaban J connectivity index is 1.38. The monoisotopic (exact) mass is 760 g/mol. The number of halogens is 1. The first-order valence-electron chi connectivity index (χ1n) is 17.3. The second-order valence-electron chi connectivity index (χ2n) is 12.5. The van der Waals surface area contributed by atoms with Crippen LogP contribution >= 0.6 is 11.6 Å². The fraction of sp³-hybridized carbons (Fsp3) is 0.447. The first-order valence-corrected chi connectivity index (χ1v) is 17.7. The van der Waals surface area contributed by atoms with Crippen LogP contribution in [0.1, 0.15) is 56.6 Å². The summed E-state index contributed by atoms with van der Waals surface area (Å²) in [4.78, 5) is 41.3. The number of allylic oxidation sites excluding steroid dienone is 2. The number of amides is 1. The number of carbonyl (C=O) groups excluding carboxylic acids is 3. The van der Waals surface area contributed by atoms with Crippen molar-refractivity contribution in [2.24, 2.45) is 11.8 Å². The summed E-state index contributed by atoms with van der Waals surface area (Å²) in [5.41, 5.74) is 1.56. The number of aliphatic hydroxyl groups excluding tert-OH is 3. The number of aryl methyl sites for hydroxylation is 1. The number of ether oxygens (including phenoxy) is 3. The first-order chi connectivity index (χ1) is 25.4. The van der Waals surface area contributed by atoms with Gasteiger partial charge in [-0.15, -0.1) is 0 Å². The molecule has 290 valence electrons. The van der Waals surface area contributed by atoms with Crippen LogP contribution in [-0.4, -0.2) is 93.6 Å². The van der Waals surface area contributed by atoms with E-state index in [0.717, 1.165) is 11.6 Å². The van der Waals surface area contributed by atoms with Gasteiger partial charge in [-0.05, 0) is 86.4 Å². The van der Waals surface area contributed by atoms with Crippen molar-refractivity contribution in [1.82, 2.24) is 10.7 Å². The maximum absolute atomic E-state index is 12.7. The molecule has 14 nitrogen and oxygen atoms in total. The lowest BCUT2D eigenvalue weighted by atomic mass is 9.89. The molecule has 6 atom stereocenters. The minimum Gasteiger partial charge on any atom is -0.493 e. The van der Waals surface area contributed by atoms with Crippen LogP contribution in [0, 0.1) is 11.8 Å². The molecule has 0 spiro atoms. The van der Waals surface area contributed by atoms with Crippen molar-refractivity contribution in [2.45, 2.75) is 76.2 Å². The molecule has 0 bridgehead atoms. The first kappa shape index (κ1) is 43.3. The number of rotatable bonds is 21. The lowest BCUT2D eigenvalue weighted by Crippen LogP contribution is -2.40. The zero-order chi connectivity index (χ0) is 38.8. The summed E-state index contributed by atoms with van der Waals surface area (Å²) < 4.78 is 15.6. The minimum absolute atomic E-state index is 0.112. The molecule has 1 amide bonds.